The molecule has 0 aliphatic rings. The van der Waals surface area contributed by atoms with E-state index in [0.29, 0.717) is 12.6 Å². The van der Waals surface area contributed by atoms with Crippen LogP contribution in [0, 0.1) is 0 Å². The average Bonchev–Trinajstić information content (AvgIpc) is 2.62. The first-order valence-corrected chi connectivity index (χ1v) is 9.92. The number of nitrogens with one attached hydrogen (secondary N) is 3. The van der Waals surface area contributed by atoms with Crippen molar-refractivity contribution in [2.45, 2.75) is 53.0 Å². The minimum atomic E-state index is -0.253. The van der Waals surface area contributed by atoms with Gasteiger partial charge in [-0.25, -0.2) is 4.99 Å². The van der Waals surface area contributed by atoms with Gasteiger partial charge in [0.1, 0.15) is 6.54 Å². The molecule has 0 bridgehead atoms. The molecule has 0 aromatic heterocycles. The molecular formula is C21H36N4O3. The van der Waals surface area contributed by atoms with E-state index in [9.17, 15) is 4.79 Å². The van der Waals surface area contributed by atoms with E-state index in [0.717, 1.165) is 37.4 Å². The highest BCUT2D eigenvalue weighted by Crippen LogP contribution is 2.28. The fourth-order valence-corrected chi connectivity index (χ4v) is 2.59. The van der Waals surface area contributed by atoms with Crippen molar-refractivity contribution >= 4 is 11.9 Å². The van der Waals surface area contributed by atoms with Crippen LogP contribution in [-0.2, 0) is 11.2 Å². The van der Waals surface area contributed by atoms with Gasteiger partial charge >= 0.3 is 0 Å². The Bertz CT molecular complexity index is 639. The van der Waals surface area contributed by atoms with Crippen LogP contribution in [-0.4, -0.2) is 50.8 Å². The number of benzene rings is 1. The molecule has 0 unspecified atom stereocenters. The lowest BCUT2D eigenvalue weighted by Gasteiger charge is -2.20. The molecule has 28 heavy (non-hydrogen) atoms. The van der Waals surface area contributed by atoms with Gasteiger partial charge in [-0.3, -0.25) is 4.79 Å². The lowest BCUT2D eigenvalue weighted by Crippen LogP contribution is -2.43. The lowest BCUT2D eigenvalue weighted by atomic mass is 10.1. The number of rotatable bonds is 10. The van der Waals surface area contributed by atoms with Gasteiger partial charge in [0.25, 0.3) is 0 Å². The monoisotopic (exact) mass is 392 g/mol. The fraction of sp³-hybridized carbons (Fsp3) is 0.619. The van der Waals surface area contributed by atoms with E-state index in [2.05, 4.69) is 27.0 Å². The molecule has 1 rings (SSSR count). The molecule has 0 fully saturated rings. The molecule has 7 heteroatoms. The molecule has 0 aliphatic heterocycles. The zero-order chi connectivity index (χ0) is 21.0. The summed E-state index contributed by atoms with van der Waals surface area (Å²) in [5.74, 6) is 2.08. The van der Waals surface area contributed by atoms with Gasteiger partial charge in [-0.05, 0) is 65.2 Å². The molecule has 1 aromatic carbocycles. The first-order chi connectivity index (χ1) is 13.3. The van der Waals surface area contributed by atoms with E-state index in [1.807, 2.05) is 46.8 Å². The lowest BCUT2D eigenvalue weighted by molar-refractivity contribution is -0.121. The predicted octanol–water partition coefficient (Wildman–Crippen LogP) is 2.50. The van der Waals surface area contributed by atoms with E-state index in [4.69, 9.17) is 9.47 Å². The van der Waals surface area contributed by atoms with Crippen LogP contribution in [0.3, 0.4) is 0 Å². The number of carbonyl (C=O) groups is 1. The molecule has 0 saturated carbocycles. The summed E-state index contributed by atoms with van der Waals surface area (Å²) in [6.45, 7) is 12.0. The number of hydrogen-bond donors (Lipinski definition) is 3. The summed E-state index contributed by atoms with van der Waals surface area (Å²) in [5, 5.41) is 9.34. The van der Waals surface area contributed by atoms with Crippen LogP contribution < -0.4 is 25.4 Å². The SMILES string of the molecule is CCNC(=NCC(=O)NC(C)(C)C)NCCCc1ccc(OC)c(OCC)c1. The second-order valence-electron chi connectivity index (χ2n) is 7.44. The number of methoxy groups -OCH3 is 1. The molecule has 0 aliphatic carbocycles. The van der Waals surface area contributed by atoms with Gasteiger partial charge in [0.2, 0.25) is 5.91 Å². The van der Waals surface area contributed by atoms with E-state index < -0.39 is 0 Å². The Hall–Kier alpha value is -2.44. The first-order valence-electron chi connectivity index (χ1n) is 9.92. The van der Waals surface area contributed by atoms with Crippen molar-refractivity contribution in [3.8, 4) is 11.5 Å². The second-order valence-corrected chi connectivity index (χ2v) is 7.44. The van der Waals surface area contributed by atoms with Gasteiger partial charge in [-0.2, -0.15) is 0 Å². The van der Waals surface area contributed by atoms with Crippen LogP contribution in [0.2, 0.25) is 0 Å². The third-order valence-corrected chi connectivity index (χ3v) is 3.70. The number of nitrogens with zero attached hydrogens (tertiary/aromatic N) is 1. The molecule has 7 nitrogen and oxygen atoms in total. The minimum absolute atomic E-state index is 0.0913. The highest BCUT2D eigenvalue weighted by molar-refractivity contribution is 5.85. The summed E-state index contributed by atoms with van der Waals surface area (Å²) in [6, 6.07) is 6.02. The number of carbonyl (C=O) groups excluding carboxylic acids is 1. The maximum Gasteiger partial charge on any atom is 0.242 e. The first kappa shape index (κ1) is 23.6. The number of guanidine groups is 1. The maximum atomic E-state index is 11.9. The number of aryl methyl sites for hydroxylation is 1. The Labute approximate surface area is 169 Å². The molecule has 0 atom stereocenters. The van der Waals surface area contributed by atoms with Crippen molar-refractivity contribution in [3.05, 3.63) is 23.8 Å². The smallest absolute Gasteiger partial charge is 0.242 e. The molecular weight excluding hydrogens is 356 g/mol. The highest BCUT2D eigenvalue weighted by Gasteiger charge is 2.13. The zero-order valence-electron chi connectivity index (χ0n) is 18.1. The van der Waals surface area contributed by atoms with E-state index in [1.165, 1.54) is 5.56 Å². The van der Waals surface area contributed by atoms with Crippen molar-refractivity contribution in [3.63, 3.8) is 0 Å². The molecule has 0 radical (unpaired) electrons. The Morgan fingerprint density at radius 3 is 2.50 bits per heavy atom. The van der Waals surface area contributed by atoms with E-state index in [1.54, 1.807) is 7.11 Å². The molecule has 1 aromatic rings. The van der Waals surface area contributed by atoms with E-state index >= 15 is 0 Å². The third-order valence-electron chi connectivity index (χ3n) is 3.70. The summed E-state index contributed by atoms with van der Waals surface area (Å²) in [4.78, 5) is 16.3. The van der Waals surface area contributed by atoms with Crippen molar-refractivity contribution in [1.82, 2.24) is 16.0 Å². The fourth-order valence-electron chi connectivity index (χ4n) is 2.59. The third kappa shape index (κ3) is 9.48. The molecule has 1 amide bonds. The molecule has 158 valence electrons. The summed E-state index contributed by atoms with van der Waals surface area (Å²) in [5.41, 5.74) is 0.939. The quantitative estimate of drug-likeness (QED) is 0.324. The van der Waals surface area contributed by atoms with Gasteiger partial charge in [-0.1, -0.05) is 6.07 Å². The summed E-state index contributed by atoms with van der Waals surface area (Å²) in [7, 11) is 1.64. The zero-order valence-corrected chi connectivity index (χ0v) is 18.1. The maximum absolute atomic E-state index is 11.9. The number of hydrogen-bond acceptors (Lipinski definition) is 4. The molecule has 0 spiro atoms. The van der Waals surface area contributed by atoms with Gasteiger partial charge in [0.05, 0.1) is 13.7 Å². The predicted molar refractivity (Wildman–Crippen MR) is 114 cm³/mol. The molecule has 0 heterocycles. The Morgan fingerprint density at radius 2 is 1.89 bits per heavy atom. The normalized spacial score (nSPS) is 11.7. The largest absolute Gasteiger partial charge is 0.493 e. The number of aliphatic imine (C=N–C) groups is 1. The van der Waals surface area contributed by atoms with Crippen molar-refractivity contribution in [2.24, 2.45) is 4.99 Å². The summed E-state index contributed by atoms with van der Waals surface area (Å²) >= 11 is 0. The number of amides is 1. The Morgan fingerprint density at radius 1 is 1.14 bits per heavy atom. The van der Waals surface area contributed by atoms with Crippen LogP contribution in [0.5, 0.6) is 11.5 Å². The van der Waals surface area contributed by atoms with Gasteiger partial charge < -0.3 is 25.4 Å². The van der Waals surface area contributed by atoms with Crippen LogP contribution in [0.1, 0.15) is 46.6 Å². The van der Waals surface area contributed by atoms with Crippen LogP contribution >= 0.6 is 0 Å². The van der Waals surface area contributed by atoms with Gasteiger partial charge in [0, 0.05) is 18.6 Å². The van der Waals surface area contributed by atoms with Crippen LogP contribution in [0.4, 0.5) is 0 Å². The van der Waals surface area contributed by atoms with Crippen molar-refractivity contribution in [1.29, 1.82) is 0 Å². The minimum Gasteiger partial charge on any atom is -0.493 e. The summed E-state index contributed by atoms with van der Waals surface area (Å²) < 4.78 is 10.9. The highest BCUT2D eigenvalue weighted by atomic mass is 16.5. The van der Waals surface area contributed by atoms with Gasteiger partial charge in [-0.15, -0.1) is 0 Å². The second kappa shape index (κ2) is 12.1. The standard InChI is InChI=1S/C21H36N4O3/c1-7-22-20(24-15-19(26)25-21(3,4)5)23-13-9-10-16-11-12-17(27-6)18(14-16)28-8-2/h11-12,14H,7-10,13,15H2,1-6H3,(H,25,26)(H2,22,23,24). The Kier molecular flexibility index (Phi) is 10.2. The molecule has 0 saturated heterocycles. The van der Waals surface area contributed by atoms with Crippen LogP contribution in [0.25, 0.3) is 0 Å². The van der Waals surface area contributed by atoms with Gasteiger partial charge in [0.15, 0.2) is 17.5 Å². The van der Waals surface area contributed by atoms with Crippen molar-refractivity contribution in [2.75, 3.05) is 33.4 Å². The Balaban J connectivity index is 2.51. The number of ether oxygens (including phenoxy) is 2. The molecule has 3 N–H and O–H groups in total. The van der Waals surface area contributed by atoms with Crippen molar-refractivity contribution < 1.29 is 14.3 Å². The topological polar surface area (TPSA) is 84.0 Å². The summed E-state index contributed by atoms with van der Waals surface area (Å²) in [6.07, 6.45) is 1.83. The van der Waals surface area contributed by atoms with Crippen LogP contribution in [0.15, 0.2) is 23.2 Å². The van der Waals surface area contributed by atoms with E-state index in [-0.39, 0.29) is 18.0 Å². The average molecular weight is 393 g/mol.